The molecule has 6 aliphatic carbocycles. The lowest BCUT2D eigenvalue weighted by atomic mass is 9.32. The number of alkyl halides is 1. The largest absolute Gasteiger partial charge is 0.481 e. The van der Waals surface area contributed by atoms with Crippen molar-refractivity contribution in [3.05, 3.63) is 0 Å². The predicted octanol–water partition coefficient (Wildman–Crippen LogP) is 8.18. The highest BCUT2D eigenvalue weighted by Gasteiger charge is 2.71. The van der Waals surface area contributed by atoms with E-state index in [1.165, 1.54) is 44.9 Å². The molecule has 0 aromatic carbocycles. The van der Waals surface area contributed by atoms with Crippen LogP contribution in [0.4, 0.5) is 4.39 Å². The maximum Gasteiger partial charge on any atom is 0.309 e. The Bertz CT molecular complexity index is 1590. The molecule has 0 unspecified atom stereocenters. The van der Waals surface area contributed by atoms with Gasteiger partial charge in [-0.15, -0.1) is 0 Å². The summed E-state index contributed by atoms with van der Waals surface area (Å²) < 4.78 is 45.0. The third-order valence-corrected chi connectivity index (χ3v) is 21.0. The monoisotopic (exact) mass is 791 g/mol. The number of sulfone groups is 1. The summed E-state index contributed by atoms with van der Waals surface area (Å²) in [6, 6.07) is -0.225. The molecule has 0 radical (unpaired) electrons. The highest BCUT2D eigenvalue weighted by molar-refractivity contribution is 7.91. The molecule has 2 N–H and O–H groups in total. The van der Waals surface area contributed by atoms with Gasteiger partial charge in [0, 0.05) is 30.1 Å². The zero-order valence-electron chi connectivity index (χ0n) is 35.7. The van der Waals surface area contributed by atoms with Crippen molar-refractivity contribution in [2.45, 2.75) is 157 Å². The van der Waals surface area contributed by atoms with Crippen LogP contribution in [0.2, 0.25) is 0 Å². The summed E-state index contributed by atoms with van der Waals surface area (Å²) in [5.41, 5.74) is -0.0724. The van der Waals surface area contributed by atoms with Gasteiger partial charge < -0.3 is 15.2 Å². The lowest BCUT2D eigenvalue weighted by Crippen LogP contribution is -2.69. The topological polar surface area (TPSA) is 113 Å². The van der Waals surface area contributed by atoms with E-state index < -0.39 is 33.8 Å². The molecule has 7 fully saturated rings. The van der Waals surface area contributed by atoms with E-state index in [4.69, 9.17) is 4.74 Å². The fraction of sp³-hybridized carbons (Fsp3) is 0.956. The Morgan fingerprint density at radius 3 is 2.15 bits per heavy atom. The lowest BCUT2D eigenvalue weighted by molar-refractivity contribution is -0.249. The van der Waals surface area contributed by atoms with E-state index in [2.05, 4.69) is 58.7 Å². The summed E-state index contributed by atoms with van der Waals surface area (Å²) in [5, 5.41) is 13.8. The molecule has 13 atom stereocenters. The van der Waals surface area contributed by atoms with Crippen molar-refractivity contribution < 1.29 is 32.2 Å². The van der Waals surface area contributed by atoms with E-state index in [0.717, 1.165) is 25.8 Å². The van der Waals surface area contributed by atoms with E-state index in [1.54, 1.807) is 0 Å². The highest BCUT2D eigenvalue weighted by Crippen LogP contribution is 2.76. The maximum atomic E-state index is 14.4. The molecule has 8 nitrogen and oxygen atoms in total. The average molecular weight is 791 g/mol. The van der Waals surface area contributed by atoms with E-state index >= 15 is 0 Å². The van der Waals surface area contributed by atoms with Crippen molar-refractivity contribution >= 4 is 21.8 Å². The van der Waals surface area contributed by atoms with Gasteiger partial charge in [-0.05, 0) is 141 Å². The number of hydrogen-bond acceptors (Lipinski definition) is 7. The van der Waals surface area contributed by atoms with Gasteiger partial charge in [0.05, 0.1) is 23.3 Å². The average Bonchev–Trinajstić information content (AvgIpc) is 3.48. The van der Waals surface area contributed by atoms with Crippen LogP contribution in [0.1, 0.15) is 139 Å². The Labute approximate surface area is 332 Å². The Hall–Kier alpha value is -1.26. The SMILES string of the molecule is CC(C)[C@@H]1CC[C@]2(NCC[C@H](CF)N3CCS(=O)(=O)CC3)CC[C@]3(C)[C@H](CC[C@@H]4[C@@]5(C)CC[C@H](OC(=O)[C@H]6C[C@@H](C(=O)O)C6(C)C)C(C)(C)[C@@H]5CC[C@]43C)[C@@H]12. The van der Waals surface area contributed by atoms with Crippen molar-refractivity contribution in [1.29, 1.82) is 0 Å². The van der Waals surface area contributed by atoms with Crippen LogP contribution >= 0.6 is 0 Å². The number of fused-ring (bicyclic) bond motifs is 7. The number of hydrogen-bond donors (Lipinski definition) is 2. The lowest BCUT2D eigenvalue weighted by Gasteiger charge is -2.73. The van der Waals surface area contributed by atoms with E-state index in [9.17, 15) is 27.5 Å². The standard InChI is InChI=1S/C45H75FN2O6S/c1-28(2)30-12-18-45(47-21-15-29(27-46)48-22-24-55(52,53)25-23-48)20-19-43(8)31(37(30)45)10-11-35-42(7)16-14-36(41(5,6)34(42)13-17-44(35,43)9)54-39(51)33-26-32(38(49)50)40(33,3)4/h28-37,47H,10-27H2,1-9H3,(H,49,50)/t29-,30+,31-,32+,33-,34+,35-,36+,37-,42+,43-,44-,45+/m1/s1. The van der Waals surface area contributed by atoms with Crippen molar-refractivity contribution in [2.75, 3.05) is 37.8 Å². The molecule has 0 amide bonds. The van der Waals surface area contributed by atoms with Crippen LogP contribution in [-0.2, 0) is 24.2 Å². The molecule has 0 aromatic heterocycles. The first-order chi connectivity index (χ1) is 25.6. The number of halogens is 1. The van der Waals surface area contributed by atoms with Crippen LogP contribution in [0.5, 0.6) is 0 Å². The van der Waals surface area contributed by atoms with Crippen LogP contribution in [0.3, 0.4) is 0 Å². The molecule has 0 bridgehead atoms. The molecule has 6 saturated carbocycles. The molecule has 0 spiro atoms. The number of nitrogens with zero attached hydrogens (tertiary/aromatic N) is 1. The number of nitrogens with one attached hydrogen (secondary N) is 1. The summed E-state index contributed by atoms with van der Waals surface area (Å²) in [4.78, 5) is 27.5. The van der Waals surface area contributed by atoms with Crippen LogP contribution in [0.15, 0.2) is 0 Å². The quantitative estimate of drug-likeness (QED) is 0.213. The molecule has 10 heteroatoms. The molecule has 7 aliphatic rings. The van der Waals surface area contributed by atoms with Crippen LogP contribution in [-0.4, -0.2) is 85.9 Å². The van der Waals surface area contributed by atoms with Gasteiger partial charge in [0.25, 0.3) is 0 Å². The molecule has 314 valence electrons. The van der Waals surface area contributed by atoms with Gasteiger partial charge in [0.2, 0.25) is 0 Å². The Morgan fingerprint density at radius 1 is 0.836 bits per heavy atom. The summed E-state index contributed by atoms with van der Waals surface area (Å²) in [6.45, 7) is 22.5. The zero-order chi connectivity index (χ0) is 40.1. The fourth-order valence-corrected chi connectivity index (χ4v) is 17.0. The summed E-state index contributed by atoms with van der Waals surface area (Å²) in [6.07, 6.45) is 12.5. The third-order valence-electron chi connectivity index (χ3n) is 19.4. The van der Waals surface area contributed by atoms with Crippen molar-refractivity contribution in [2.24, 2.45) is 74.4 Å². The Morgan fingerprint density at radius 2 is 1.53 bits per heavy atom. The van der Waals surface area contributed by atoms with Gasteiger partial charge in [0.1, 0.15) is 12.8 Å². The minimum Gasteiger partial charge on any atom is -0.481 e. The molecule has 1 heterocycles. The van der Waals surface area contributed by atoms with E-state index in [1.807, 2.05) is 13.8 Å². The van der Waals surface area contributed by atoms with Gasteiger partial charge in [-0.2, -0.15) is 0 Å². The first kappa shape index (κ1) is 41.9. The number of aliphatic carboxylic acids is 1. The minimum atomic E-state index is -3.00. The number of carbonyl (C=O) groups is 2. The summed E-state index contributed by atoms with van der Waals surface area (Å²) in [5.74, 6) is 1.99. The van der Waals surface area contributed by atoms with Crippen molar-refractivity contribution in [1.82, 2.24) is 10.2 Å². The molecular formula is C45H75FN2O6S. The number of carboxylic acid groups (broad SMARTS) is 1. The Balaban J connectivity index is 1.07. The smallest absolute Gasteiger partial charge is 0.309 e. The highest BCUT2D eigenvalue weighted by atomic mass is 32.2. The van der Waals surface area contributed by atoms with Gasteiger partial charge in [-0.1, -0.05) is 62.3 Å². The minimum absolute atomic E-state index is 0.0823. The number of rotatable bonds is 10. The zero-order valence-corrected chi connectivity index (χ0v) is 36.5. The van der Waals surface area contributed by atoms with Crippen LogP contribution in [0, 0.1) is 74.4 Å². The van der Waals surface area contributed by atoms with Gasteiger partial charge >= 0.3 is 11.9 Å². The Kier molecular flexibility index (Phi) is 10.8. The third kappa shape index (κ3) is 6.48. The molecule has 0 aromatic rings. The first-order valence-corrected chi connectivity index (χ1v) is 24.1. The number of ether oxygens (including phenoxy) is 1. The maximum absolute atomic E-state index is 14.4. The fourth-order valence-electron chi connectivity index (χ4n) is 15.8. The summed E-state index contributed by atoms with van der Waals surface area (Å²) in [7, 11) is -3.00. The van der Waals surface area contributed by atoms with Crippen LogP contribution < -0.4 is 5.32 Å². The summed E-state index contributed by atoms with van der Waals surface area (Å²) >= 11 is 0. The first-order valence-electron chi connectivity index (χ1n) is 22.3. The number of carboxylic acids is 1. The van der Waals surface area contributed by atoms with E-state index in [-0.39, 0.29) is 62.7 Å². The number of carbonyl (C=O) groups excluding carboxylic acids is 1. The van der Waals surface area contributed by atoms with E-state index in [0.29, 0.717) is 61.4 Å². The van der Waals surface area contributed by atoms with Gasteiger partial charge in [0.15, 0.2) is 9.84 Å². The second kappa shape index (κ2) is 14.2. The normalized spacial score (nSPS) is 46.3. The van der Waals surface area contributed by atoms with Crippen LogP contribution in [0.25, 0.3) is 0 Å². The molecule has 1 saturated heterocycles. The molecule has 7 rings (SSSR count). The predicted molar refractivity (Wildman–Crippen MR) is 215 cm³/mol. The molecule has 1 aliphatic heterocycles. The van der Waals surface area contributed by atoms with Gasteiger partial charge in [-0.25, -0.2) is 12.8 Å². The van der Waals surface area contributed by atoms with Crippen molar-refractivity contribution in [3.8, 4) is 0 Å². The second-order valence-electron chi connectivity index (χ2n) is 22.3. The molecule has 55 heavy (non-hydrogen) atoms. The van der Waals surface area contributed by atoms with Gasteiger partial charge in [-0.3, -0.25) is 14.5 Å². The van der Waals surface area contributed by atoms with Crippen molar-refractivity contribution in [3.63, 3.8) is 0 Å². The number of esters is 1. The molecular weight excluding hydrogens is 716 g/mol. The second-order valence-corrected chi connectivity index (χ2v) is 24.6.